The van der Waals surface area contributed by atoms with E-state index in [1.807, 2.05) is 6.07 Å². The molecule has 1 aliphatic rings. The molecule has 0 amide bonds. The quantitative estimate of drug-likeness (QED) is 0.916. The molecule has 0 atom stereocenters. The highest BCUT2D eigenvalue weighted by atomic mass is 19.4. The van der Waals surface area contributed by atoms with Gasteiger partial charge in [-0.3, -0.25) is 4.90 Å². The highest BCUT2D eigenvalue weighted by Crippen LogP contribution is 2.23. The van der Waals surface area contributed by atoms with Crippen LogP contribution in [0, 0.1) is 0 Å². The van der Waals surface area contributed by atoms with E-state index < -0.39 is 6.36 Å². The van der Waals surface area contributed by atoms with Crippen LogP contribution in [0.15, 0.2) is 24.3 Å². The minimum Gasteiger partial charge on any atom is -0.406 e. The Morgan fingerprint density at radius 2 is 2.05 bits per heavy atom. The maximum Gasteiger partial charge on any atom is 0.573 e. The van der Waals surface area contributed by atoms with Crippen LogP contribution in [-0.2, 0) is 6.54 Å². The summed E-state index contributed by atoms with van der Waals surface area (Å²) < 4.78 is 40.4. The predicted octanol–water partition coefficient (Wildman–Crippen LogP) is 2.38. The normalized spacial score (nSPS) is 18.1. The Labute approximate surface area is 110 Å². The lowest BCUT2D eigenvalue weighted by atomic mass is 10.2. The second-order valence-electron chi connectivity index (χ2n) is 4.57. The number of hydrogen-bond acceptors (Lipinski definition) is 3. The third-order valence-electron chi connectivity index (χ3n) is 2.97. The first kappa shape index (κ1) is 14.1. The summed E-state index contributed by atoms with van der Waals surface area (Å²) in [5.74, 6) is -0.155. The Balaban J connectivity index is 1.98. The van der Waals surface area contributed by atoms with Crippen LogP contribution < -0.4 is 10.1 Å². The fourth-order valence-electron chi connectivity index (χ4n) is 2.16. The summed E-state index contributed by atoms with van der Waals surface area (Å²) in [5, 5.41) is 3.29. The molecule has 0 aromatic heterocycles. The molecule has 1 aromatic rings. The highest BCUT2D eigenvalue weighted by molar-refractivity contribution is 5.28. The topological polar surface area (TPSA) is 24.5 Å². The van der Waals surface area contributed by atoms with Crippen molar-refractivity contribution < 1.29 is 17.9 Å². The van der Waals surface area contributed by atoms with Gasteiger partial charge in [-0.25, -0.2) is 0 Å². The fraction of sp³-hybridized carbons (Fsp3) is 0.538. The van der Waals surface area contributed by atoms with Gasteiger partial charge in [-0.15, -0.1) is 13.2 Å². The number of alkyl halides is 3. The van der Waals surface area contributed by atoms with Crippen molar-refractivity contribution in [2.75, 3.05) is 26.2 Å². The number of halogens is 3. The first-order valence-electron chi connectivity index (χ1n) is 6.31. The molecule has 0 aliphatic carbocycles. The Hall–Kier alpha value is -1.27. The molecule has 2 rings (SSSR count). The Morgan fingerprint density at radius 1 is 1.21 bits per heavy atom. The van der Waals surface area contributed by atoms with Crippen LogP contribution in [0.2, 0.25) is 0 Å². The van der Waals surface area contributed by atoms with Gasteiger partial charge in [-0.05, 0) is 37.2 Å². The monoisotopic (exact) mass is 274 g/mol. The van der Waals surface area contributed by atoms with E-state index in [1.165, 1.54) is 12.1 Å². The summed E-state index contributed by atoms with van der Waals surface area (Å²) >= 11 is 0. The van der Waals surface area contributed by atoms with Crippen LogP contribution in [0.5, 0.6) is 5.75 Å². The van der Waals surface area contributed by atoms with E-state index >= 15 is 0 Å². The summed E-state index contributed by atoms with van der Waals surface area (Å²) in [6.07, 6.45) is -3.58. The second-order valence-corrected chi connectivity index (χ2v) is 4.57. The van der Waals surface area contributed by atoms with Crippen LogP contribution in [0.25, 0.3) is 0 Å². The third-order valence-corrected chi connectivity index (χ3v) is 2.97. The molecule has 0 spiro atoms. The van der Waals surface area contributed by atoms with Gasteiger partial charge in [0.1, 0.15) is 5.75 Å². The number of nitrogens with zero attached hydrogens (tertiary/aromatic N) is 1. The number of nitrogens with one attached hydrogen (secondary N) is 1. The van der Waals surface area contributed by atoms with Gasteiger partial charge < -0.3 is 10.1 Å². The Bertz CT molecular complexity index is 401. The number of hydrogen-bond donors (Lipinski definition) is 1. The molecular formula is C13H17F3N2O. The number of ether oxygens (including phenoxy) is 1. The lowest BCUT2D eigenvalue weighted by Crippen LogP contribution is -2.27. The zero-order valence-electron chi connectivity index (χ0n) is 10.5. The molecule has 0 radical (unpaired) electrons. The van der Waals surface area contributed by atoms with E-state index in [0.717, 1.165) is 38.2 Å². The lowest BCUT2D eigenvalue weighted by molar-refractivity contribution is -0.274. The molecule has 1 heterocycles. The average Bonchev–Trinajstić information content (AvgIpc) is 2.56. The predicted molar refractivity (Wildman–Crippen MR) is 65.9 cm³/mol. The molecule has 1 saturated heterocycles. The average molecular weight is 274 g/mol. The van der Waals surface area contributed by atoms with Crippen molar-refractivity contribution in [3.63, 3.8) is 0 Å². The molecule has 1 aromatic carbocycles. The van der Waals surface area contributed by atoms with Crippen molar-refractivity contribution in [2.24, 2.45) is 0 Å². The number of benzene rings is 1. The fourth-order valence-corrected chi connectivity index (χ4v) is 2.16. The molecule has 1 fully saturated rings. The summed E-state index contributed by atoms with van der Waals surface area (Å²) in [6, 6.07) is 6.18. The minimum atomic E-state index is -4.63. The van der Waals surface area contributed by atoms with E-state index in [1.54, 1.807) is 6.07 Å². The first-order chi connectivity index (χ1) is 9.03. The van der Waals surface area contributed by atoms with Crippen LogP contribution in [-0.4, -0.2) is 37.4 Å². The van der Waals surface area contributed by atoms with Gasteiger partial charge in [-0.1, -0.05) is 12.1 Å². The molecule has 0 saturated carbocycles. The smallest absolute Gasteiger partial charge is 0.406 e. The molecule has 6 heteroatoms. The summed E-state index contributed by atoms with van der Waals surface area (Å²) in [6.45, 7) is 4.42. The van der Waals surface area contributed by atoms with Crippen molar-refractivity contribution in [1.29, 1.82) is 0 Å². The molecule has 19 heavy (non-hydrogen) atoms. The standard InChI is InChI=1S/C13H17F3N2O/c14-13(15,16)19-12-4-1-3-11(9-12)10-18-7-2-5-17-6-8-18/h1,3-4,9,17H,2,5-8,10H2. The van der Waals surface area contributed by atoms with Gasteiger partial charge in [0.15, 0.2) is 0 Å². The van der Waals surface area contributed by atoms with Gasteiger partial charge in [0.2, 0.25) is 0 Å². The second kappa shape index (κ2) is 6.25. The SMILES string of the molecule is FC(F)(F)Oc1cccc(CN2CCCNCC2)c1. The van der Waals surface area contributed by atoms with Crippen molar-refractivity contribution in [3.8, 4) is 5.75 Å². The largest absolute Gasteiger partial charge is 0.573 e. The van der Waals surface area contributed by atoms with Crippen molar-refractivity contribution >= 4 is 0 Å². The summed E-state index contributed by atoms with van der Waals surface area (Å²) in [4.78, 5) is 2.23. The lowest BCUT2D eigenvalue weighted by Gasteiger charge is -2.19. The Kier molecular flexibility index (Phi) is 4.66. The molecule has 0 unspecified atom stereocenters. The van der Waals surface area contributed by atoms with Crippen molar-refractivity contribution in [3.05, 3.63) is 29.8 Å². The van der Waals surface area contributed by atoms with Gasteiger partial charge in [0.25, 0.3) is 0 Å². The molecular weight excluding hydrogens is 257 g/mol. The zero-order valence-corrected chi connectivity index (χ0v) is 10.5. The van der Waals surface area contributed by atoms with E-state index in [2.05, 4.69) is 15.0 Å². The maximum absolute atomic E-state index is 12.1. The molecule has 1 N–H and O–H groups in total. The van der Waals surface area contributed by atoms with Crippen LogP contribution in [0.1, 0.15) is 12.0 Å². The highest BCUT2D eigenvalue weighted by Gasteiger charge is 2.31. The van der Waals surface area contributed by atoms with Crippen LogP contribution in [0.4, 0.5) is 13.2 Å². The molecule has 3 nitrogen and oxygen atoms in total. The van der Waals surface area contributed by atoms with E-state index in [4.69, 9.17) is 0 Å². The summed E-state index contributed by atoms with van der Waals surface area (Å²) in [7, 11) is 0. The van der Waals surface area contributed by atoms with E-state index in [9.17, 15) is 13.2 Å². The molecule has 106 valence electrons. The van der Waals surface area contributed by atoms with Crippen molar-refractivity contribution in [2.45, 2.75) is 19.3 Å². The van der Waals surface area contributed by atoms with E-state index in [-0.39, 0.29) is 5.75 Å². The van der Waals surface area contributed by atoms with Gasteiger partial charge in [0.05, 0.1) is 0 Å². The van der Waals surface area contributed by atoms with E-state index in [0.29, 0.717) is 6.54 Å². The maximum atomic E-state index is 12.1. The third kappa shape index (κ3) is 5.08. The van der Waals surface area contributed by atoms with Crippen LogP contribution in [0.3, 0.4) is 0 Å². The van der Waals surface area contributed by atoms with Gasteiger partial charge >= 0.3 is 6.36 Å². The minimum absolute atomic E-state index is 0.155. The van der Waals surface area contributed by atoms with Gasteiger partial charge in [-0.2, -0.15) is 0 Å². The number of rotatable bonds is 3. The summed E-state index contributed by atoms with van der Waals surface area (Å²) in [5.41, 5.74) is 0.837. The van der Waals surface area contributed by atoms with Crippen molar-refractivity contribution in [1.82, 2.24) is 10.2 Å². The molecule has 1 aliphatic heterocycles. The van der Waals surface area contributed by atoms with Crippen LogP contribution >= 0.6 is 0 Å². The first-order valence-corrected chi connectivity index (χ1v) is 6.31. The molecule has 0 bridgehead atoms. The Morgan fingerprint density at radius 3 is 2.84 bits per heavy atom. The zero-order chi connectivity index (χ0) is 13.7. The van der Waals surface area contributed by atoms with Gasteiger partial charge in [0, 0.05) is 19.6 Å².